The van der Waals surface area contributed by atoms with Crippen molar-refractivity contribution in [3.63, 3.8) is 0 Å². The van der Waals surface area contributed by atoms with Gasteiger partial charge in [-0.2, -0.15) is 0 Å². The number of nitrogens with zero attached hydrogens (tertiary/aromatic N) is 4. The molecular formula is C15H14ClFN6O2. The number of benzene rings is 1. The number of aliphatic hydroxyl groups is 2. The van der Waals surface area contributed by atoms with E-state index in [9.17, 15) is 9.50 Å². The van der Waals surface area contributed by atoms with E-state index >= 15 is 0 Å². The van der Waals surface area contributed by atoms with Crippen molar-refractivity contribution < 1.29 is 14.6 Å². The van der Waals surface area contributed by atoms with Gasteiger partial charge in [0.2, 0.25) is 5.95 Å². The maximum absolute atomic E-state index is 13.3. The lowest BCUT2D eigenvalue weighted by atomic mass is 10.3. The van der Waals surface area contributed by atoms with Gasteiger partial charge in [-0.1, -0.05) is 11.6 Å². The summed E-state index contributed by atoms with van der Waals surface area (Å²) in [4.78, 5) is 16.5. The summed E-state index contributed by atoms with van der Waals surface area (Å²) in [5.74, 6) is 0.00431. The first-order chi connectivity index (χ1) is 12.1. The number of fused-ring (bicyclic) bond motifs is 1. The molecule has 2 aromatic heterocycles. The van der Waals surface area contributed by atoms with Crippen LogP contribution in [0.15, 0.2) is 30.7 Å². The molecule has 0 aliphatic heterocycles. The highest BCUT2D eigenvalue weighted by molar-refractivity contribution is 6.31. The molecule has 3 aromatic rings. The molecule has 1 unspecified atom stereocenters. The van der Waals surface area contributed by atoms with E-state index in [1.54, 1.807) is 0 Å². The van der Waals surface area contributed by atoms with Crippen LogP contribution in [0.4, 0.5) is 21.8 Å². The predicted octanol–water partition coefficient (Wildman–Crippen LogP) is 2.07. The zero-order chi connectivity index (χ0) is 17.8. The Kier molecular flexibility index (Phi) is 5.17. The van der Waals surface area contributed by atoms with Crippen molar-refractivity contribution in [3.8, 4) is 0 Å². The Bertz CT molecular complexity index is 897. The van der Waals surface area contributed by atoms with E-state index in [0.717, 1.165) is 0 Å². The monoisotopic (exact) mass is 364 g/mol. The molecule has 0 fully saturated rings. The van der Waals surface area contributed by atoms with E-state index < -0.39 is 12.0 Å². The molecule has 0 bridgehead atoms. The van der Waals surface area contributed by atoms with Gasteiger partial charge in [-0.3, -0.25) is 0 Å². The number of rotatable bonds is 6. The molecular weight excluding hydrogens is 351 g/mol. The molecule has 0 aliphatic rings. The molecule has 4 N–H and O–H groups in total. The molecule has 25 heavy (non-hydrogen) atoms. The van der Waals surface area contributed by atoms with Crippen LogP contribution in [0.2, 0.25) is 5.02 Å². The minimum atomic E-state index is -0.987. The molecule has 0 spiro atoms. The molecule has 0 aliphatic carbocycles. The number of hydrogen-bond acceptors (Lipinski definition) is 8. The Morgan fingerprint density at radius 2 is 2.08 bits per heavy atom. The quantitative estimate of drug-likeness (QED) is 0.491. The van der Waals surface area contributed by atoms with E-state index in [1.807, 2.05) is 0 Å². The smallest absolute Gasteiger partial charge is 0.225 e. The maximum atomic E-state index is 13.3. The second kappa shape index (κ2) is 7.51. The fraction of sp³-hybridized carbons (Fsp3) is 0.200. The lowest BCUT2D eigenvalue weighted by Crippen LogP contribution is -2.21. The lowest BCUT2D eigenvalue weighted by molar-refractivity contribution is 0.155. The van der Waals surface area contributed by atoms with E-state index in [0.29, 0.717) is 22.5 Å². The first-order valence-electron chi connectivity index (χ1n) is 7.32. The van der Waals surface area contributed by atoms with Crippen LogP contribution in [-0.2, 0) is 0 Å². The van der Waals surface area contributed by atoms with Crippen molar-refractivity contribution in [2.45, 2.75) is 12.6 Å². The van der Waals surface area contributed by atoms with Gasteiger partial charge in [0.05, 0.1) is 11.2 Å². The van der Waals surface area contributed by atoms with Gasteiger partial charge in [0.15, 0.2) is 5.82 Å². The third kappa shape index (κ3) is 4.08. The molecule has 1 aromatic carbocycles. The zero-order valence-corrected chi connectivity index (χ0v) is 13.6. The fourth-order valence-corrected chi connectivity index (χ4v) is 2.25. The Balaban J connectivity index is 1.92. The minimum absolute atomic E-state index is 0.0209. The average molecular weight is 365 g/mol. The number of aromatic nitrogens is 4. The van der Waals surface area contributed by atoms with Crippen molar-refractivity contribution in [3.05, 3.63) is 41.6 Å². The number of anilines is 3. The number of nitrogens with one attached hydrogen (secondary N) is 2. The third-order valence-corrected chi connectivity index (χ3v) is 3.55. The summed E-state index contributed by atoms with van der Waals surface area (Å²) in [5.41, 5.74) is 1.41. The molecule has 1 atom stereocenters. The van der Waals surface area contributed by atoms with Crippen LogP contribution in [0.1, 0.15) is 6.42 Å². The van der Waals surface area contributed by atoms with Gasteiger partial charge in [-0.25, -0.2) is 24.3 Å². The van der Waals surface area contributed by atoms with Crippen LogP contribution in [0.25, 0.3) is 11.0 Å². The number of aliphatic hydroxyl groups excluding tert-OH is 2. The first-order valence-corrected chi connectivity index (χ1v) is 7.70. The molecule has 10 heteroatoms. The van der Waals surface area contributed by atoms with Crippen LogP contribution in [-0.4, -0.2) is 43.0 Å². The minimum Gasteiger partial charge on any atom is -0.396 e. The standard InChI is InChI=1S/C15H14ClFN6O2/c16-9-5-8(1-2-10(9)17)21-14-13-11(19-7-20-14)6-18-15(23-13)22-12(25)3-4-24/h1-2,5-7,12,24-25H,3-4H2,(H,18,22,23)(H,19,20,21). The first kappa shape index (κ1) is 17.2. The highest BCUT2D eigenvalue weighted by Gasteiger charge is 2.11. The second-order valence-electron chi connectivity index (χ2n) is 5.08. The Morgan fingerprint density at radius 3 is 2.84 bits per heavy atom. The zero-order valence-electron chi connectivity index (χ0n) is 12.8. The summed E-state index contributed by atoms with van der Waals surface area (Å²) in [6, 6.07) is 4.18. The summed E-state index contributed by atoms with van der Waals surface area (Å²) >= 11 is 5.78. The second-order valence-corrected chi connectivity index (χ2v) is 5.48. The highest BCUT2D eigenvalue weighted by atomic mass is 35.5. The fourth-order valence-electron chi connectivity index (χ4n) is 2.07. The van der Waals surface area contributed by atoms with E-state index in [1.165, 1.54) is 30.7 Å². The van der Waals surface area contributed by atoms with Crippen molar-refractivity contribution in [1.82, 2.24) is 19.9 Å². The van der Waals surface area contributed by atoms with Crippen molar-refractivity contribution >= 4 is 40.1 Å². The van der Waals surface area contributed by atoms with Crippen LogP contribution in [0, 0.1) is 5.82 Å². The van der Waals surface area contributed by atoms with E-state index in [2.05, 4.69) is 30.6 Å². The summed E-state index contributed by atoms with van der Waals surface area (Å²) in [5, 5.41) is 24.2. The van der Waals surface area contributed by atoms with Crippen molar-refractivity contribution in [2.24, 2.45) is 0 Å². The molecule has 8 nitrogen and oxygen atoms in total. The molecule has 130 valence electrons. The Hall–Kier alpha value is -2.62. The molecule has 3 rings (SSSR count). The average Bonchev–Trinajstić information content (AvgIpc) is 2.59. The summed E-state index contributed by atoms with van der Waals surface area (Å²) < 4.78 is 13.3. The van der Waals surface area contributed by atoms with Crippen molar-refractivity contribution in [2.75, 3.05) is 17.2 Å². The van der Waals surface area contributed by atoms with Gasteiger partial charge in [-0.05, 0) is 18.2 Å². The SMILES string of the molecule is OCCC(O)Nc1ncc2ncnc(Nc3ccc(F)c(Cl)c3)c2n1. The molecule has 0 radical (unpaired) electrons. The predicted molar refractivity (Wildman–Crippen MR) is 91.2 cm³/mol. The normalized spacial score (nSPS) is 12.2. The maximum Gasteiger partial charge on any atom is 0.225 e. The molecule has 0 saturated heterocycles. The van der Waals surface area contributed by atoms with Crippen molar-refractivity contribution in [1.29, 1.82) is 0 Å². The number of halogens is 2. The van der Waals surface area contributed by atoms with Gasteiger partial charge >= 0.3 is 0 Å². The van der Waals surface area contributed by atoms with E-state index in [-0.39, 0.29) is 24.0 Å². The van der Waals surface area contributed by atoms with Crippen LogP contribution in [0.5, 0.6) is 0 Å². The third-order valence-electron chi connectivity index (χ3n) is 3.26. The summed E-state index contributed by atoms with van der Waals surface area (Å²) in [6.45, 7) is -0.178. The Morgan fingerprint density at radius 1 is 1.24 bits per heavy atom. The molecule has 0 amide bonds. The summed E-state index contributed by atoms with van der Waals surface area (Å²) in [6.07, 6.45) is 1.96. The van der Waals surface area contributed by atoms with Crippen LogP contribution in [0.3, 0.4) is 0 Å². The highest BCUT2D eigenvalue weighted by Crippen LogP contribution is 2.25. The van der Waals surface area contributed by atoms with Crippen LogP contribution >= 0.6 is 11.6 Å². The summed E-state index contributed by atoms with van der Waals surface area (Å²) in [7, 11) is 0. The van der Waals surface area contributed by atoms with Gasteiger partial charge in [0.1, 0.15) is 29.4 Å². The van der Waals surface area contributed by atoms with Gasteiger partial charge in [0, 0.05) is 18.7 Å². The van der Waals surface area contributed by atoms with Gasteiger partial charge < -0.3 is 20.8 Å². The van der Waals surface area contributed by atoms with E-state index in [4.69, 9.17) is 16.7 Å². The largest absolute Gasteiger partial charge is 0.396 e. The Labute approximate surface area is 146 Å². The van der Waals surface area contributed by atoms with Gasteiger partial charge in [-0.15, -0.1) is 0 Å². The molecule has 0 saturated carbocycles. The number of hydrogen-bond donors (Lipinski definition) is 4. The lowest BCUT2D eigenvalue weighted by Gasteiger charge is -2.12. The van der Waals surface area contributed by atoms with Gasteiger partial charge in [0.25, 0.3) is 0 Å². The van der Waals surface area contributed by atoms with Crippen LogP contribution < -0.4 is 10.6 Å². The topological polar surface area (TPSA) is 116 Å². The molecule has 2 heterocycles.